The van der Waals surface area contributed by atoms with E-state index in [1.807, 2.05) is 60.7 Å². The number of benzene rings is 3. The van der Waals surface area contributed by atoms with Gasteiger partial charge in [-0.3, -0.25) is 0 Å². The number of rotatable bonds is 6. The summed E-state index contributed by atoms with van der Waals surface area (Å²) in [5.74, 6) is 0.214. The predicted molar refractivity (Wildman–Crippen MR) is 120 cm³/mol. The monoisotopic (exact) mass is 417 g/mol. The van der Waals surface area contributed by atoms with Gasteiger partial charge in [0.2, 0.25) is 0 Å². The number of nitrogens with zero attached hydrogens (tertiary/aromatic N) is 1. The van der Waals surface area contributed by atoms with Crippen LogP contribution in [0.4, 0.5) is 0 Å². The molecule has 0 aliphatic carbocycles. The minimum Gasteiger partial charge on any atom is -0.482 e. The van der Waals surface area contributed by atoms with E-state index in [2.05, 4.69) is 18.2 Å². The van der Waals surface area contributed by atoms with Crippen molar-refractivity contribution in [3.63, 3.8) is 0 Å². The Morgan fingerprint density at radius 2 is 1.70 bits per heavy atom. The largest absolute Gasteiger partial charge is 0.482 e. The first-order valence-electron chi connectivity index (χ1n) is 9.68. The Hall–Kier alpha value is -3.37. The number of halogens is 1. The van der Waals surface area contributed by atoms with E-state index in [9.17, 15) is 4.79 Å². The summed E-state index contributed by atoms with van der Waals surface area (Å²) in [6.07, 6.45) is 0. The van der Waals surface area contributed by atoms with E-state index in [-0.39, 0.29) is 12.6 Å². The highest BCUT2D eigenvalue weighted by Crippen LogP contribution is 2.33. The average molecular weight is 418 g/mol. The summed E-state index contributed by atoms with van der Waals surface area (Å²) < 4.78 is 10.4. The average Bonchev–Trinajstić information content (AvgIpc) is 2.78. The van der Waals surface area contributed by atoms with Crippen LogP contribution in [0.1, 0.15) is 6.92 Å². The molecule has 3 aromatic carbocycles. The Kier molecular flexibility index (Phi) is 5.96. The molecule has 4 aromatic rings. The molecule has 4 rings (SSSR count). The van der Waals surface area contributed by atoms with Crippen LogP contribution in [0.2, 0.25) is 5.02 Å². The smallest absolute Gasteiger partial charge is 0.344 e. The molecule has 4 nitrogen and oxygen atoms in total. The summed E-state index contributed by atoms with van der Waals surface area (Å²) in [5, 5.41) is 1.68. The van der Waals surface area contributed by atoms with Gasteiger partial charge >= 0.3 is 5.97 Å². The van der Waals surface area contributed by atoms with Gasteiger partial charge in [0, 0.05) is 16.0 Å². The van der Waals surface area contributed by atoms with Crippen LogP contribution < -0.4 is 4.74 Å². The maximum Gasteiger partial charge on any atom is 0.344 e. The van der Waals surface area contributed by atoms with Crippen molar-refractivity contribution in [3.8, 4) is 28.1 Å². The van der Waals surface area contributed by atoms with E-state index in [0.29, 0.717) is 17.4 Å². The van der Waals surface area contributed by atoms with Crippen LogP contribution in [-0.2, 0) is 9.53 Å². The highest BCUT2D eigenvalue weighted by Gasteiger charge is 2.11. The van der Waals surface area contributed by atoms with E-state index in [4.69, 9.17) is 26.1 Å². The molecule has 5 heteroatoms. The SMILES string of the molecule is CCOC(=O)COc1ccc(-c2cc(-c3ccccc3)c3cc(Cl)ccc3n2)cc1. The number of hydrogen-bond donors (Lipinski definition) is 0. The van der Waals surface area contributed by atoms with Crippen molar-refractivity contribution in [1.29, 1.82) is 0 Å². The molecule has 0 N–H and O–H groups in total. The molecular weight excluding hydrogens is 398 g/mol. The van der Waals surface area contributed by atoms with Crippen LogP contribution in [0.15, 0.2) is 78.9 Å². The van der Waals surface area contributed by atoms with E-state index in [0.717, 1.165) is 33.3 Å². The molecule has 0 fully saturated rings. The summed E-state index contributed by atoms with van der Waals surface area (Å²) in [6.45, 7) is 1.99. The van der Waals surface area contributed by atoms with Gasteiger partial charge in [-0.2, -0.15) is 0 Å². The van der Waals surface area contributed by atoms with Crippen molar-refractivity contribution in [2.75, 3.05) is 13.2 Å². The van der Waals surface area contributed by atoms with Crippen molar-refractivity contribution in [3.05, 3.63) is 83.9 Å². The normalized spacial score (nSPS) is 10.7. The molecule has 150 valence electrons. The van der Waals surface area contributed by atoms with Gasteiger partial charge in [-0.25, -0.2) is 9.78 Å². The molecule has 0 unspecified atom stereocenters. The lowest BCUT2D eigenvalue weighted by Crippen LogP contribution is -2.14. The number of ether oxygens (including phenoxy) is 2. The van der Waals surface area contributed by atoms with Gasteiger partial charge in [0.15, 0.2) is 6.61 Å². The molecule has 0 saturated carbocycles. The van der Waals surface area contributed by atoms with Crippen molar-refractivity contribution >= 4 is 28.5 Å². The quantitative estimate of drug-likeness (QED) is 0.352. The first kappa shape index (κ1) is 19.9. The molecule has 1 heterocycles. The zero-order chi connectivity index (χ0) is 20.9. The fraction of sp³-hybridized carbons (Fsp3) is 0.120. The van der Waals surface area contributed by atoms with Crippen molar-refractivity contribution < 1.29 is 14.3 Å². The number of esters is 1. The van der Waals surface area contributed by atoms with Gasteiger partial charge in [0.05, 0.1) is 17.8 Å². The molecule has 0 radical (unpaired) electrons. The molecule has 0 spiro atoms. The van der Waals surface area contributed by atoms with Gasteiger partial charge in [-0.05, 0) is 66.6 Å². The maximum absolute atomic E-state index is 11.5. The molecule has 0 bridgehead atoms. The molecule has 0 saturated heterocycles. The maximum atomic E-state index is 11.5. The van der Waals surface area contributed by atoms with Gasteiger partial charge in [-0.15, -0.1) is 0 Å². The summed E-state index contributed by atoms with van der Waals surface area (Å²) in [5.41, 5.74) is 4.84. The van der Waals surface area contributed by atoms with Crippen LogP contribution in [0.5, 0.6) is 5.75 Å². The van der Waals surface area contributed by atoms with Crippen molar-refractivity contribution in [1.82, 2.24) is 4.98 Å². The van der Waals surface area contributed by atoms with Crippen LogP contribution in [-0.4, -0.2) is 24.2 Å². The Morgan fingerprint density at radius 3 is 2.43 bits per heavy atom. The first-order valence-corrected chi connectivity index (χ1v) is 10.1. The molecule has 0 aliphatic heterocycles. The number of carbonyl (C=O) groups excluding carboxylic acids is 1. The van der Waals surface area contributed by atoms with Crippen LogP contribution >= 0.6 is 11.6 Å². The molecule has 0 amide bonds. The number of pyridine rings is 1. The van der Waals surface area contributed by atoms with Crippen molar-refractivity contribution in [2.45, 2.75) is 6.92 Å². The van der Waals surface area contributed by atoms with Crippen molar-refractivity contribution in [2.24, 2.45) is 0 Å². The number of fused-ring (bicyclic) bond motifs is 1. The Bertz CT molecular complexity index is 1170. The second-order valence-electron chi connectivity index (χ2n) is 6.70. The zero-order valence-electron chi connectivity index (χ0n) is 16.5. The molecule has 1 aromatic heterocycles. The lowest BCUT2D eigenvalue weighted by molar-refractivity contribution is -0.145. The number of aromatic nitrogens is 1. The Morgan fingerprint density at radius 1 is 0.933 bits per heavy atom. The van der Waals surface area contributed by atoms with E-state index in [1.165, 1.54) is 0 Å². The van der Waals surface area contributed by atoms with E-state index >= 15 is 0 Å². The third-order valence-corrected chi connectivity index (χ3v) is 4.90. The van der Waals surface area contributed by atoms with Gasteiger partial charge in [0.25, 0.3) is 0 Å². The summed E-state index contributed by atoms with van der Waals surface area (Å²) in [6, 6.07) is 25.5. The van der Waals surface area contributed by atoms with Gasteiger partial charge in [0.1, 0.15) is 5.75 Å². The third kappa shape index (κ3) is 4.44. The van der Waals surface area contributed by atoms with E-state index < -0.39 is 0 Å². The predicted octanol–water partition coefficient (Wildman–Crippen LogP) is 6.16. The Labute approximate surface area is 180 Å². The topological polar surface area (TPSA) is 48.4 Å². The molecule has 0 atom stereocenters. The second-order valence-corrected chi connectivity index (χ2v) is 7.14. The third-order valence-electron chi connectivity index (χ3n) is 4.67. The highest BCUT2D eigenvalue weighted by molar-refractivity contribution is 6.31. The summed E-state index contributed by atoms with van der Waals surface area (Å²) in [7, 11) is 0. The fourth-order valence-corrected chi connectivity index (χ4v) is 3.44. The number of hydrogen-bond acceptors (Lipinski definition) is 4. The lowest BCUT2D eigenvalue weighted by Gasteiger charge is -2.11. The van der Waals surface area contributed by atoms with Gasteiger partial charge < -0.3 is 9.47 Å². The van der Waals surface area contributed by atoms with Crippen LogP contribution in [0, 0.1) is 0 Å². The minimum atomic E-state index is -0.385. The second kappa shape index (κ2) is 8.97. The highest BCUT2D eigenvalue weighted by atomic mass is 35.5. The van der Waals surface area contributed by atoms with Crippen LogP contribution in [0.3, 0.4) is 0 Å². The molecule has 0 aliphatic rings. The number of carbonyl (C=O) groups is 1. The fourth-order valence-electron chi connectivity index (χ4n) is 3.27. The Balaban J connectivity index is 1.69. The van der Waals surface area contributed by atoms with E-state index in [1.54, 1.807) is 6.92 Å². The molecule has 30 heavy (non-hydrogen) atoms. The minimum absolute atomic E-state index is 0.111. The standard InChI is InChI=1S/C25H20ClNO3/c1-2-29-25(28)16-30-20-11-8-18(9-12-20)24-15-21(17-6-4-3-5-7-17)22-14-19(26)10-13-23(22)27-24/h3-15H,2,16H2,1H3. The van der Waals surface area contributed by atoms with Gasteiger partial charge in [-0.1, -0.05) is 41.9 Å². The first-order chi connectivity index (χ1) is 14.6. The zero-order valence-corrected chi connectivity index (χ0v) is 17.2. The summed E-state index contributed by atoms with van der Waals surface area (Å²) in [4.78, 5) is 16.3. The summed E-state index contributed by atoms with van der Waals surface area (Å²) >= 11 is 6.25. The molecular formula is C25H20ClNO3. The van der Waals surface area contributed by atoms with Crippen LogP contribution in [0.25, 0.3) is 33.3 Å². The lowest BCUT2D eigenvalue weighted by atomic mass is 9.98.